The van der Waals surface area contributed by atoms with Gasteiger partial charge in [-0.1, -0.05) is 23.3 Å². The number of hydrogen-bond donors (Lipinski definition) is 1. The Bertz CT molecular complexity index is 866. The van der Waals surface area contributed by atoms with Gasteiger partial charge in [0.25, 0.3) is 0 Å². The number of benzene rings is 1. The summed E-state index contributed by atoms with van der Waals surface area (Å²) in [6, 6.07) is 9.83. The molecule has 0 amide bonds. The summed E-state index contributed by atoms with van der Waals surface area (Å²) < 4.78 is 10.5. The number of anilines is 1. The summed E-state index contributed by atoms with van der Waals surface area (Å²) in [6.45, 7) is 7.00. The molecule has 5 nitrogen and oxygen atoms in total. The number of carbonyl (C=O) groups is 1. The van der Waals surface area contributed by atoms with Crippen LogP contribution in [0, 0.1) is 0 Å². The maximum Gasteiger partial charge on any atom is 0.319 e. The van der Waals surface area contributed by atoms with Crippen LogP contribution in [0.15, 0.2) is 70.8 Å². The van der Waals surface area contributed by atoms with E-state index in [-0.39, 0.29) is 5.78 Å². The molecule has 0 atom stereocenters. The summed E-state index contributed by atoms with van der Waals surface area (Å²) in [5.74, 6) is 0.433. The fourth-order valence-corrected chi connectivity index (χ4v) is 12.8. The summed E-state index contributed by atoms with van der Waals surface area (Å²) in [5, 5.41) is 10.8. The monoisotopic (exact) mass is 556 g/mol. The van der Waals surface area contributed by atoms with Crippen LogP contribution in [0.1, 0.15) is 59.3 Å². The number of hydrogen-bond acceptors (Lipinski definition) is 5. The Morgan fingerprint density at radius 2 is 1.42 bits per heavy atom. The molecule has 0 saturated carbocycles. The van der Waals surface area contributed by atoms with Crippen LogP contribution >= 0.6 is 0 Å². The molecule has 0 saturated heterocycles. The molecule has 6 heteroatoms. The van der Waals surface area contributed by atoms with Gasteiger partial charge < -0.3 is 9.73 Å². The maximum absolute atomic E-state index is 11.0. The number of rotatable bonds is 12. The van der Waals surface area contributed by atoms with Crippen LogP contribution in [0.2, 0.25) is 13.3 Å². The van der Waals surface area contributed by atoms with E-state index in [2.05, 4.69) is 36.3 Å². The van der Waals surface area contributed by atoms with E-state index in [1.807, 2.05) is 30.3 Å². The van der Waals surface area contributed by atoms with E-state index in [1.165, 1.54) is 50.7 Å². The van der Waals surface area contributed by atoms with Gasteiger partial charge in [-0.15, -0.1) is 5.10 Å². The molecule has 1 N–H and O–H groups in total. The van der Waals surface area contributed by atoms with Crippen molar-refractivity contribution in [2.24, 2.45) is 0 Å². The molecule has 33 heavy (non-hydrogen) atoms. The minimum atomic E-state index is -0.839. The van der Waals surface area contributed by atoms with Crippen molar-refractivity contribution in [1.82, 2.24) is 10.2 Å². The Morgan fingerprint density at radius 3 is 1.97 bits per heavy atom. The molecule has 2 aromatic rings. The van der Waals surface area contributed by atoms with Gasteiger partial charge in [0, 0.05) is 11.8 Å². The molecule has 1 aromatic carbocycles. The Morgan fingerprint density at radius 1 is 0.848 bits per heavy atom. The SMILES string of the molecule is CCC[CH2][Sn]([CH2]CCC)[CH2]CCC.O=C1C=CC(=CNc2nnc(-c3ccccc3)o2)C=C1. The normalized spacial score (nSPS) is 12.6. The average molecular weight is 555 g/mol. The quantitative estimate of drug-likeness (QED) is 0.273. The molecule has 0 bridgehead atoms. The van der Waals surface area contributed by atoms with Gasteiger partial charge in [-0.2, -0.15) is 0 Å². The van der Waals surface area contributed by atoms with Gasteiger partial charge in [-0.3, -0.25) is 4.79 Å². The minimum absolute atomic E-state index is 0.0219. The van der Waals surface area contributed by atoms with Gasteiger partial charge in [-0.25, -0.2) is 0 Å². The number of ketones is 1. The third-order valence-electron chi connectivity index (χ3n) is 5.34. The zero-order valence-electron chi connectivity index (χ0n) is 20.3. The number of nitrogens with one attached hydrogen (secondary N) is 1. The zero-order chi connectivity index (χ0) is 23.7. The van der Waals surface area contributed by atoms with Crippen molar-refractivity contribution < 1.29 is 9.21 Å². The van der Waals surface area contributed by atoms with Crippen LogP contribution in [-0.4, -0.2) is 35.7 Å². The summed E-state index contributed by atoms with van der Waals surface area (Å²) in [7, 11) is 0. The first-order chi connectivity index (χ1) is 16.2. The second kappa shape index (κ2) is 16.5. The van der Waals surface area contributed by atoms with Crippen LogP contribution in [0.4, 0.5) is 6.01 Å². The Hall–Kier alpha value is -2.15. The molecule has 0 fully saturated rings. The first-order valence-corrected chi connectivity index (χ1v) is 18.3. The molecule has 1 radical (unpaired) electrons. The predicted octanol–water partition coefficient (Wildman–Crippen LogP) is 7.61. The zero-order valence-corrected chi connectivity index (χ0v) is 23.2. The van der Waals surface area contributed by atoms with Crippen molar-refractivity contribution in [3.63, 3.8) is 0 Å². The molecule has 177 valence electrons. The Labute approximate surface area is 206 Å². The van der Waals surface area contributed by atoms with Gasteiger partial charge in [0.2, 0.25) is 5.89 Å². The topological polar surface area (TPSA) is 68.0 Å². The summed E-state index contributed by atoms with van der Waals surface area (Å²) in [6.07, 6.45) is 17.0. The van der Waals surface area contributed by atoms with Crippen LogP contribution < -0.4 is 5.32 Å². The maximum atomic E-state index is 11.0. The van der Waals surface area contributed by atoms with Crippen molar-refractivity contribution >= 4 is 31.6 Å². The predicted molar refractivity (Wildman–Crippen MR) is 140 cm³/mol. The third-order valence-corrected chi connectivity index (χ3v) is 14.4. The van der Waals surface area contributed by atoms with Gasteiger partial charge >= 0.3 is 98.4 Å². The van der Waals surface area contributed by atoms with Gasteiger partial charge in [0.15, 0.2) is 5.78 Å². The largest absolute Gasteiger partial charge is 0.403 e. The molecule has 0 aliphatic heterocycles. The first-order valence-electron chi connectivity index (χ1n) is 12.3. The van der Waals surface area contributed by atoms with Crippen LogP contribution in [0.3, 0.4) is 0 Å². The standard InChI is InChI=1S/C15H11N3O2.3C4H9.Sn/c19-13-8-6-11(7-9-13)10-16-15-18-17-14(20-15)12-4-2-1-3-5-12;3*1-3-4-2;/h1-10H,(H,16,18);3*1,3-4H2,2H3;. The van der Waals surface area contributed by atoms with Crippen LogP contribution in [0.25, 0.3) is 11.5 Å². The van der Waals surface area contributed by atoms with E-state index in [0.717, 1.165) is 11.1 Å². The van der Waals surface area contributed by atoms with Crippen molar-refractivity contribution in [3.05, 3.63) is 66.4 Å². The number of carbonyl (C=O) groups excluding carboxylic acids is 1. The minimum Gasteiger partial charge on any atom is -0.403 e. The smallest absolute Gasteiger partial charge is 0.319 e. The fraction of sp³-hybridized carbons (Fsp3) is 0.444. The number of allylic oxidation sites excluding steroid dienone is 5. The molecule has 1 heterocycles. The Kier molecular flexibility index (Phi) is 13.5. The number of unbranched alkanes of at least 4 members (excludes halogenated alkanes) is 3. The van der Waals surface area contributed by atoms with E-state index >= 15 is 0 Å². The number of aromatic nitrogens is 2. The molecule has 0 spiro atoms. The van der Waals surface area contributed by atoms with Crippen molar-refractivity contribution in [3.8, 4) is 11.5 Å². The molecule has 1 aliphatic rings. The van der Waals surface area contributed by atoms with E-state index < -0.39 is 19.8 Å². The summed E-state index contributed by atoms with van der Waals surface area (Å²) in [5.41, 5.74) is 1.72. The van der Waals surface area contributed by atoms with Crippen molar-refractivity contribution in [2.45, 2.75) is 72.6 Å². The van der Waals surface area contributed by atoms with E-state index in [9.17, 15) is 4.79 Å². The molecule has 0 unspecified atom stereocenters. The van der Waals surface area contributed by atoms with E-state index in [4.69, 9.17) is 4.42 Å². The fourth-order valence-electron chi connectivity index (χ4n) is 3.34. The van der Waals surface area contributed by atoms with Crippen LogP contribution in [0.5, 0.6) is 0 Å². The van der Waals surface area contributed by atoms with Crippen molar-refractivity contribution in [1.29, 1.82) is 0 Å². The van der Waals surface area contributed by atoms with E-state index in [0.29, 0.717) is 11.9 Å². The van der Waals surface area contributed by atoms with Gasteiger partial charge in [0.05, 0.1) is 0 Å². The average Bonchev–Trinajstić information content (AvgIpc) is 3.33. The second-order valence-corrected chi connectivity index (χ2v) is 16.8. The third kappa shape index (κ3) is 11.0. The summed E-state index contributed by atoms with van der Waals surface area (Å²) in [4.78, 5) is 11.0. The first kappa shape index (κ1) is 27.1. The molecule has 1 aromatic heterocycles. The number of nitrogens with zero attached hydrogens (tertiary/aromatic N) is 2. The van der Waals surface area contributed by atoms with Gasteiger partial charge in [-0.05, 0) is 42.0 Å². The van der Waals surface area contributed by atoms with Crippen LogP contribution in [-0.2, 0) is 4.79 Å². The van der Waals surface area contributed by atoms with Crippen molar-refractivity contribution in [2.75, 3.05) is 5.32 Å². The molecule has 3 rings (SSSR count). The molecular formula is C27H38N3O2Sn. The summed E-state index contributed by atoms with van der Waals surface area (Å²) >= 11 is -0.839. The molecular weight excluding hydrogens is 517 g/mol. The van der Waals surface area contributed by atoms with Gasteiger partial charge in [0.1, 0.15) is 0 Å². The van der Waals surface area contributed by atoms with E-state index in [1.54, 1.807) is 31.7 Å². The second-order valence-electron chi connectivity index (χ2n) is 8.20. The Balaban J connectivity index is 0.000000260. The molecule has 1 aliphatic carbocycles.